The molecule has 0 radical (unpaired) electrons. The minimum atomic E-state index is -0.500. The second kappa shape index (κ2) is 7.61. The number of carbonyl (C=O) groups is 1. The lowest BCUT2D eigenvalue weighted by molar-refractivity contribution is -0.148. The molecular weight excluding hydrogens is 320 g/mol. The highest BCUT2D eigenvalue weighted by atomic mass is 16.6. The molecule has 0 saturated heterocycles. The molecule has 0 spiro atoms. The Morgan fingerprint density at radius 2 is 1.88 bits per heavy atom. The first-order valence-corrected chi connectivity index (χ1v) is 7.86. The standard InChI is InChI=1S/C19H18N2O4/c1-13-7-6-10-16(14(13)2)23-12-18(22)24-11-17-20-19(21-25-17)15-8-4-3-5-9-15/h3-10H,11-12H2,1-2H3. The van der Waals surface area contributed by atoms with Crippen LogP contribution in [0.1, 0.15) is 17.0 Å². The van der Waals surface area contributed by atoms with Crippen molar-refractivity contribution < 1.29 is 18.8 Å². The maximum atomic E-state index is 11.8. The summed E-state index contributed by atoms with van der Waals surface area (Å²) in [5.74, 6) is 0.860. The van der Waals surface area contributed by atoms with Crippen molar-refractivity contribution in [3.63, 3.8) is 0 Å². The fourth-order valence-corrected chi connectivity index (χ4v) is 2.22. The van der Waals surface area contributed by atoms with Crippen LogP contribution in [-0.4, -0.2) is 22.7 Å². The van der Waals surface area contributed by atoms with Crippen LogP contribution in [0, 0.1) is 13.8 Å². The van der Waals surface area contributed by atoms with Crippen molar-refractivity contribution in [2.75, 3.05) is 6.61 Å². The second-order valence-electron chi connectivity index (χ2n) is 5.53. The molecule has 0 aliphatic carbocycles. The molecule has 0 saturated carbocycles. The van der Waals surface area contributed by atoms with E-state index in [9.17, 15) is 4.79 Å². The molecule has 6 nitrogen and oxygen atoms in total. The summed E-state index contributed by atoms with van der Waals surface area (Å²) >= 11 is 0. The third kappa shape index (κ3) is 4.23. The normalized spacial score (nSPS) is 10.5. The highest BCUT2D eigenvalue weighted by Crippen LogP contribution is 2.20. The smallest absolute Gasteiger partial charge is 0.344 e. The first-order valence-electron chi connectivity index (χ1n) is 7.86. The van der Waals surface area contributed by atoms with Gasteiger partial charge in [-0.15, -0.1) is 0 Å². The number of esters is 1. The number of aryl methyl sites for hydroxylation is 1. The van der Waals surface area contributed by atoms with Crippen molar-refractivity contribution in [3.05, 3.63) is 65.5 Å². The minimum absolute atomic E-state index is 0.0885. The molecule has 2 aromatic carbocycles. The molecule has 0 aliphatic rings. The topological polar surface area (TPSA) is 74.5 Å². The molecule has 0 bridgehead atoms. The number of hydrogen-bond acceptors (Lipinski definition) is 6. The molecule has 0 unspecified atom stereocenters. The average molecular weight is 338 g/mol. The van der Waals surface area contributed by atoms with Gasteiger partial charge in [-0.3, -0.25) is 0 Å². The van der Waals surface area contributed by atoms with Gasteiger partial charge >= 0.3 is 5.97 Å². The molecule has 6 heteroatoms. The van der Waals surface area contributed by atoms with Gasteiger partial charge in [0.2, 0.25) is 5.82 Å². The van der Waals surface area contributed by atoms with Gasteiger partial charge in [0.05, 0.1) is 0 Å². The van der Waals surface area contributed by atoms with Crippen LogP contribution < -0.4 is 4.74 Å². The third-order valence-corrected chi connectivity index (χ3v) is 3.76. The Morgan fingerprint density at radius 1 is 1.08 bits per heavy atom. The maximum absolute atomic E-state index is 11.8. The number of nitrogens with zero attached hydrogens (tertiary/aromatic N) is 2. The Balaban J connectivity index is 1.51. The lowest BCUT2D eigenvalue weighted by Crippen LogP contribution is -2.15. The number of rotatable bonds is 6. The molecule has 0 aliphatic heterocycles. The molecule has 0 atom stereocenters. The summed E-state index contributed by atoms with van der Waals surface area (Å²) in [6, 6.07) is 15.1. The lowest BCUT2D eigenvalue weighted by Gasteiger charge is -2.10. The van der Waals surface area contributed by atoms with E-state index in [1.54, 1.807) is 0 Å². The summed E-state index contributed by atoms with van der Waals surface area (Å²) in [5.41, 5.74) is 2.94. The fourth-order valence-electron chi connectivity index (χ4n) is 2.22. The SMILES string of the molecule is Cc1cccc(OCC(=O)OCc2nc(-c3ccccc3)no2)c1C. The van der Waals surface area contributed by atoms with Gasteiger partial charge in [-0.2, -0.15) is 4.98 Å². The predicted molar refractivity (Wildman–Crippen MR) is 90.9 cm³/mol. The first-order chi connectivity index (χ1) is 12.1. The molecule has 1 heterocycles. The zero-order valence-corrected chi connectivity index (χ0v) is 14.1. The molecule has 128 valence electrons. The Bertz CT molecular complexity index is 859. The van der Waals surface area contributed by atoms with Crippen LogP contribution >= 0.6 is 0 Å². The van der Waals surface area contributed by atoms with Gasteiger partial charge in [0, 0.05) is 5.56 Å². The van der Waals surface area contributed by atoms with E-state index in [0.29, 0.717) is 11.6 Å². The van der Waals surface area contributed by atoms with Crippen LogP contribution in [0.25, 0.3) is 11.4 Å². The minimum Gasteiger partial charge on any atom is -0.482 e. The molecule has 25 heavy (non-hydrogen) atoms. The Kier molecular flexibility index (Phi) is 5.09. The second-order valence-corrected chi connectivity index (χ2v) is 5.53. The summed E-state index contributed by atoms with van der Waals surface area (Å²) in [7, 11) is 0. The van der Waals surface area contributed by atoms with Crippen LogP contribution in [0.5, 0.6) is 5.75 Å². The third-order valence-electron chi connectivity index (χ3n) is 3.76. The van der Waals surface area contributed by atoms with Crippen molar-refractivity contribution in [2.24, 2.45) is 0 Å². The molecule has 3 rings (SSSR count). The Labute approximate surface area is 145 Å². The van der Waals surface area contributed by atoms with E-state index < -0.39 is 5.97 Å². The van der Waals surface area contributed by atoms with Crippen molar-refractivity contribution in [3.8, 4) is 17.1 Å². The van der Waals surface area contributed by atoms with E-state index in [0.717, 1.165) is 16.7 Å². The largest absolute Gasteiger partial charge is 0.482 e. The van der Waals surface area contributed by atoms with Crippen molar-refractivity contribution in [1.82, 2.24) is 10.1 Å². The summed E-state index contributed by atoms with van der Waals surface area (Å²) in [5, 5.41) is 3.87. The zero-order chi connectivity index (χ0) is 17.6. The summed E-state index contributed by atoms with van der Waals surface area (Å²) in [4.78, 5) is 16.0. The van der Waals surface area contributed by atoms with Crippen LogP contribution in [0.4, 0.5) is 0 Å². The van der Waals surface area contributed by atoms with E-state index in [1.807, 2.05) is 62.4 Å². The zero-order valence-electron chi connectivity index (χ0n) is 14.1. The quantitative estimate of drug-likeness (QED) is 0.641. The molecule has 3 aromatic rings. The van der Waals surface area contributed by atoms with E-state index in [-0.39, 0.29) is 19.1 Å². The monoisotopic (exact) mass is 338 g/mol. The molecule has 1 aromatic heterocycles. The average Bonchev–Trinajstić information content (AvgIpc) is 3.11. The van der Waals surface area contributed by atoms with Crippen LogP contribution in [-0.2, 0) is 16.1 Å². The van der Waals surface area contributed by atoms with Crippen molar-refractivity contribution in [1.29, 1.82) is 0 Å². The van der Waals surface area contributed by atoms with E-state index in [2.05, 4.69) is 10.1 Å². The molecule has 0 N–H and O–H groups in total. The van der Waals surface area contributed by atoms with Gasteiger partial charge in [-0.25, -0.2) is 4.79 Å². The number of ether oxygens (including phenoxy) is 2. The highest BCUT2D eigenvalue weighted by Gasteiger charge is 2.12. The molecule has 0 fully saturated rings. The maximum Gasteiger partial charge on any atom is 0.344 e. The van der Waals surface area contributed by atoms with E-state index in [1.165, 1.54) is 0 Å². The van der Waals surface area contributed by atoms with Crippen LogP contribution in [0.2, 0.25) is 0 Å². The number of hydrogen-bond donors (Lipinski definition) is 0. The van der Waals surface area contributed by atoms with Crippen LogP contribution in [0.15, 0.2) is 53.1 Å². The summed E-state index contributed by atoms with van der Waals surface area (Å²) in [6.45, 7) is 3.67. The van der Waals surface area contributed by atoms with Gasteiger partial charge in [0.1, 0.15) is 5.75 Å². The number of aromatic nitrogens is 2. The van der Waals surface area contributed by atoms with E-state index in [4.69, 9.17) is 14.0 Å². The highest BCUT2D eigenvalue weighted by molar-refractivity contribution is 5.71. The predicted octanol–water partition coefficient (Wildman–Crippen LogP) is 3.48. The number of carbonyl (C=O) groups excluding carboxylic acids is 1. The summed E-state index contributed by atoms with van der Waals surface area (Å²) in [6.07, 6.45) is 0. The van der Waals surface area contributed by atoms with Gasteiger partial charge < -0.3 is 14.0 Å². The van der Waals surface area contributed by atoms with E-state index >= 15 is 0 Å². The molecule has 0 amide bonds. The Morgan fingerprint density at radius 3 is 2.68 bits per heavy atom. The van der Waals surface area contributed by atoms with Crippen molar-refractivity contribution in [2.45, 2.75) is 20.5 Å². The molecular formula is C19H18N2O4. The van der Waals surface area contributed by atoms with Gasteiger partial charge in [-0.1, -0.05) is 47.6 Å². The van der Waals surface area contributed by atoms with Gasteiger partial charge in [0.15, 0.2) is 13.2 Å². The Hall–Kier alpha value is -3.15. The van der Waals surface area contributed by atoms with Gasteiger partial charge in [0.25, 0.3) is 5.89 Å². The van der Waals surface area contributed by atoms with Gasteiger partial charge in [-0.05, 0) is 31.0 Å². The first kappa shape index (κ1) is 16.7. The van der Waals surface area contributed by atoms with Crippen molar-refractivity contribution >= 4 is 5.97 Å². The fraction of sp³-hybridized carbons (Fsp3) is 0.211. The lowest BCUT2D eigenvalue weighted by atomic mass is 10.1. The van der Waals surface area contributed by atoms with Crippen LogP contribution in [0.3, 0.4) is 0 Å². The number of benzene rings is 2. The summed E-state index contributed by atoms with van der Waals surface area (Å²) < 4.78 is 15.7.